The van der Waals surface area contributed by atoms with Gasteiger partial charge in [-0.1, -0.05) is 101 Å². The van der Waals surface area contributed by atoms with Gasteiger partial charge in [0.05, 0.1) is 5.66 Å². The highest BCUT2D eigenvalue weighted by Gasteiger charge is 2.57. The molecule has 120 valence electrons. The van der Waals surface area contributed by atoms with Gasteiger partial charge < -0.3 is 4.57 Å². The van der Waals surface area contributed by atoms with Crippen LogP contribution in [0.5, 0.6) is 0 Å². The zero-order valence-corrected chi connectivity index (χ0v) is 15.9. The molecular formula is C21H18BrOP. The molecule has 1 aliphatic heterocycles. The normalized spacial score (nSPS) is 28.5. The lowest BCUT2D eigenvalue weighted by Crippen LogP contribution is -2.16. The van der Waals surface area contributed by atoms with E-state index in [1.165, 1.54) is 0 Å². The van der Waals surface area contributed by atoms with Crippen molar-refractivity contribution in [3.8, 4) is 0 Å². The maximum Gasteiger partial charge on any atom is 0.129 e. The van der Waals surface area contributed by atoms with Crippen molar-refractivity contribution in [3.05, 3.63) is 107 Å². The van der Waals surface area contributed by atoms with E-state index in [1.807, 2.05) is 55.2 Å². The zero-order chi connectivity index (χ0) is 16.8. The number of alkyl halides is 1. The van der Waals surface area contributed by atoms with Crippen LogP contribution < -0.4 is 0 Å². The molecule has 0 saturated heterocycles. The molecular weight excluding hydrogens is 379 g/mol. The van der Waals surface area contributed by atoms with E-state index in [9.17, 15) is 4.57 Å². The summed E-state index contributed by atoms with van der Waals surface area (Å²) < 4.78 is 13.6. The number of benzene rings is 3. The number of hydrogen-bond acceptors (Lipinski definition) is 1. The number of fused-ring (bicyclic) bond motifs is 1. The number of rotatable bonds is 2. The average Bonchev–Trinajstić information content (AvgIpc) is 2.81. The Labute approximate surface area is 151 Å². The molecule has 1 nitrogen and oxygen atoms in total. The molecule has 4 rings (SSSR count). The second kappa shape index (κ2) is 5.72. The second-order valence-corrected chi connectivity index (χ2v) is 11.3. The van der Waals surface area contributed by atoms with Gasteiger partial charge in [-0.25, -0.2) is 0 Å². The summed E-state index contributed by atoms with van der Waals surface area (Å²) in [5.41, 5.74) is 4.37. The van der Waals surface area contributed by atoms with Crippen LogP contribution in [0.25, 0.3) is 0 Å². The van der Waals surface area contributed by atoms with Gasteiger partial charge in [-0.05, 0) is 28.9 Å². The van der Waals surface area contributed by atoms with E-state index in [4.69, 9.17) is 0 Å². The summed E-state index contributed by atoms with van der Waals surface area (Å²) in [6, 6.07) is 28.7. The molecule has 0 spiro atoms. The fourth-order valence-electron chi connectivity index (χ4n) is 3.89. The predicted molar refractivity (Wildman–Crippen MR) is 104 cm³/mol. The molecule has 0 aliphatic carbocycles. The molecule has 1 heterocycles. The van der Waals surface area contributed by atoms with Crippen LogP contribution in [0, 0.1) is 0 Å². The number of halogens is 1. The summed E-state index contributed by atoms with van der Waals surface area (Å²) in [6.45, 7) is 1.94. The first-order valence-corrected chi connectivity index (χ1v) is 11.0. The molecule has 0 fully saturated rings. The Morgan fingerprint density at radius 1 is 0.833 bits per heavy atom. The van der Waals surface area contributed by atoms with Crippen LogP contribution in [-0.4, -0.2) is 6.66 Å². The maximum absolute atomic E-state index is 14.2. The molecule has 3 aromatic rings. The molecule has 3 heteroatoms. The average molecular weight is 397 g/mol. The Hall–Kier alpha value is -1.63. The number of hydrogen-bond donors (Lipinski definition) is 0. The molecule has 0 aromatic heterocycles. The Balaban J connectivity index is 2.03. The standard InChI is InChI=1S/C21H18BrOP/c1-24(23)20(16-10-4-2-5-11-16)18-14-8-9-15-19(18)21(24,22)17-12-6-3-7-13-17/h2-15,20H,1H3. The van der Waals surface area contributed by atoms with E-state index in [0.717, 1.165) is 22.3 Å². The van der Waals surface area contributed by atoms with Gasteiger partial charge in [-0.3, -0.25) is 0 Å². The topological polar surface area (TPSA) is 17.1 Å². The molecule has 0 saturated carbocycles. The summed E-state index contributed by atoms with van der Waals surface area (Å²) in [6.07, 6.45) is 0. The van der Waals surface area contributed by atoms with E-state index in [-0.39, 0.29) is 5.66 Å². The molecule has 0 N–H and O–H groups in total. The fraction of sp³-hybridized carbons (Fsp3) is 0.143. The van der Waals surface area contributed by atoms with Crippen LogP contribution >= 0.6 is 23.1 Å². The minimum atomic E-state index is -2.68. The highest BCUT2D eigenvalue weighted by atomic mass is 79.9. The van der Waals surface area contributed by atoms with Gasteiger partial charge in [0.2, 0.25) is 0 Å². The highest BCUT2D eigenvalue weighted by Crippen LogP contribution is 2.81. The van der Waals surface area contributed by atoms with Crippen molar-refractivity contribution in [3.63, 3.8) is 0 Å². The molecule has 0 radical (unpaired) electrons. The van der Waals surface area contributed by atoms with Crippen molar-refractivity contribution in [2.45, 2.75) is 9.72 Å². The van der Waals surface area contributed by atoms with Crippen LogP contribution in [0.1, 0.15) is 27.9 Å². The third-order valence-corrected chi connectivity index (χ3v) is 11.3. The molecule has 3 aromatic carbocycles. The summed E-state index contributed by atoms with van der Waals surface area (Å²) in [5, 5.41) is 0. The van der Waals surface area contributed by atoms with Crippen LogP contribution in [0.4, 0.5) is 0 Å². The van der Waals surface area contributed by atoms with Crippen LogP contribution in [-0.2, 0) is 8.63 Å². The van der Waals surface area contributed by atoms with Gasteiger partial charge in [-0.15, -0.1) is 0 Å². The first-order valence-electron chi connectivity index (χ1n) is 8.03. The first-order chi connectivity index (χ1) is 11.6. The van der Waals surface area contributed by atoms with Gasteiger partial charge in [0.15, 0.2) is 0 Å². The van der Waals surface area contributed by atoms with Gasteiger partial charge in [0.25, 0.3) is 0 Å². The third-order valence-electron chi connectivity index (χ3n) is 4.99. The quantitative estimate of drug-likeness (QED) is 0.362. The lowest BCUT2D eigenvalue weighted by molar-refractivity contribution is 0.570. The van der Waals surface area contributed by atoms with Crippen molar-refractivity contribution < 1.29 is 4.57 Å². The Morgan fingerprint density at radius 3 is 2.04 bits per heavy atom. The van der Waals surface area contributed by atoms with E-state index in [1.54, 1.807) is 0 Å². The van der Waals surface area contributed by atoms with Gasteiger partial charge in [-0.2, -0.15) is 0 Å². The zero-order valence-electron chi connectivity index (χ0n) is 13.4. The van der Waals surface area contributed by atoms with E-state index in [0.29, 0.717) is 0 Å². The van der Waals surface area contributed by atoms with E-state index in [2.05, 4.69) is 52.3 Å². The van der Waals surface area contributed by atoms with Crippen molar-refractivity contribution in [2.75, 3.05) is 6.66 Å². The highest BCUT2D eigenvalue weighted by molar-refractivity contribution is 9.11. The fourth-order valence-corrected chi connectivity index (χ4v) is 8.33. The SMILES string of the molecule is CP1(=O)C(c2ccccc2)c2ccccc2C1(Br)c1ccccc1. The van der Waals surface area contributed by atoms with Gasteiger partial charge >= 0.3 is 0 Å². The molecule has 24 heavy (non-hydrogen) atoms. The Bertz CT molecular complexity index is 923. The van der Waals surface area contributed by atoms with Gasteiger partial charge in [0.1, 0.15) is 11.2 Å². The molecule has 1 aliphatic rings. The first kappa shape index (κ1) is 15.9. The van der Waals surface area contributed by atoms with Gasteiger partial charge in [0, 0.05) is 0 Å². The monoisotopic (exact) mass is 396 g/mol. The minimum Gasteiger partial charge on any atom is -0.321 e. The molecule has 3 unspecified atom stereocenters. The lowest BCUT2D eigenvalue weighted by Gasteiger charge is -2.31. The van der Waals surface area contributed by atoms with Crippen molar-refractivity contribution in [1.82, 2.24) is 0 Å². The molecule has 3 atom stereocenters. The summed E-state index contributed by atoms with van der Waals surface area (Å²) in [5.74, 6) is 0. The predicted octanol–water partition coefficient (Wildman–Crippen LogP) is 6.38. The molecule has 0 bridgehead atoms. The van der Waals surface area contributed by atoms with Crippen LogP contribution in [0.3, 0.4) is 0 Å². The summed E-state index contributed by atoms with van der Waals surface area (Å²) in [7, 11) is -2.68. The molecule has 0 amide bonds. The summed E-state index contributed by atoms with van der Waals surface area (Å²) >= 11 is 3.95. The minimum absolute atomic E-state index is 0.0884. The van der Waals surface area contributed by atoms with Crippen molar-refractivity contribution >= 4 is 23.1 Å². The second-order valence-electron chi connectivity index (χ2n) is 6.38. The van der Waals surface area contributed by atoms with E-state index < -0.39 is 11.2 Å². The van der Waals surface area contributed by atoms with Crippen molar-refractivity contribution in [1.29, 1.82) is 0 Å². The smallest absolute Gasteiger partial charge is 0.129 e. The Morgan fingerprint density at radius 2 is 1.38 bits per heavy atom. The third kappa shape index (κ3) is 2.10. The summed E-state index contributed by atoms with van der Waals surface area (Å²) in [4.78, 5) is 0. The largest absolute Gasteiger partial charge is 0.321 e. The van der Waals surface area contributed by atoms with Crippen LogP contribution in [0.15, 0.2) is 84.9 Å². The van der Waals surface area contributed by atoms with Crippen LogP contribution in [0.2, 0.25) is 0 Å². The van der Waals surface area contributed by atoms with Crippen molar-refractivity contribution in [2.24, 2.45) is 0 Å². The van der Waals surface area contributed by atoms with E-state index >= 15 is 0 Å². The Kier molecular flexibility index (Phi) is 3.78. The maximum atomic E-state index is 14.2. The lowest BCUT2D eigenvalue weighted by atomic mass is 9.95.